The molecule has 0 aliphatic carbocycles. The van der Waals surface area contributed by atoms with E-state index in [1.807, 2.05) is 0 Å². The fourth-order valence-corrected chi connectivity index (χ4v) is 1.60. The van der Waals surface area contributed by atoms with E-state index in [4.69, 9.17) is 5.11 Å². The molecule has 0 aromatic heterocycles. The molecule has 1 heterocycles. The van der Waals surface area contributed by atoms with Gasteiger partial charge < -0.3 is 10.4 Å². The number of hydrogen-bond donors (Lipinski definition) is 2. The van der Waals surface area contributed by atoms with Crippen molar-refractivity contribution < 1.29 is 13.9 Å². The highest BCUT2D eigenvalue weighted by Gasteiger charge is 2.38. The molecule has 4 heteroatoms. The summed E-state index contributed by atoms with van der Waals surface area (Å²) >= 11 is 0. The van der Waals surface area contributed by atoms with E-state index in [0.29, 0.717) is 25.9 Å². The Bertz CT molecular complexity index is 135. The number of aliphatic hydroxyl groups is 1. The van der Waals surface area contributed by atoms with E-state index in [0.717, 1.165) is 0 Å². The molecule has 1 aliphatic rings. The highest BCUT2D eigenvalue weighted by atomic mass is 19.3. The highest BCUT2D eigenvalue weighted by molar-refractivity contribution is 4.81. The van der Waals surface area contributed by atoms with E-state index >= 15 is 0 Å². The van der Waals surface area contributed by atoms with Gasteiger partial charge in [-0.25, -0.2) is 8.78 Å². The van der Waals surface area contributed by atoms with Gasteiger partial charge in [0.1, 0.15) is 0 Å². The Morgan fingerprint density at radius 1 is 1.33 bits per heavy atom. The molecule has 1 aliphatic heterocycles. The fourth-order valence-electron chi connectivity index (χ4n) is 1.60. The SMILES string of the molecule is OCCC(F)(F)C1CCNCC1. The Hall–Kier alpha value is -0.220. The third-order valence-electron chi connectivity index (χ3n) is 2.38. The summed E-state index contributed by atoms with van der Waals surface area (Å²) < 4.78 is 26.2. The molecule has 0 unspecified atom stereocenters. The van der Waals surface area contributed by atoms with Crippen LogP contribution in [0.5, 0.6) is 0 Å². The number of nitrogens with one attached hydrogen (secondary N) is 1. The normalized spacial score (nSPS) is 21.2. The van der Waals surface area contributed by atoms with Crippen LogP contribution in [-0.2, 0) is 0 Å². The van der Waals surface area contributed by atoms with Crippen molar-refractivity contribution >= 4 is 0 Å². The molecule has 1 fully saturated rings. The zero-order chi connectivity index (χ0) is 9.03. The van der Waals surface area contributed by atoms with Crippen LogP contribution in [0.3, 0.4) is 0 Å². The lowest BCUT2D eigenvalue weighted by Gasteiger charge is -2.29. The third kappa shape index (κ3) is 2.38. The van der Waals surface area contributed by atoms with Gasteiger partial charge in [-0.3, -0.25) is 0 Å². The standard InChI is InChI=1S/C8H15F2NO/c9-8(10,3-6-12)7-1-4-11-5-2-7/h7,11-12H,1-6H2. The van der Waals surface area contributed by atoms with Gasteiger partial charge in [0.15, 0.2) is 0 Å². The van der Waals surface area contributed by atoms with E-state index in [-0.39, 0.29) is 0 Å². The second-order valence-electron chi connectivity index (χ2n) is 3.26. The van der Waals surface area contributed by atoms with Crippen molar-refractivity contribution in [3.63, 3.8) is 0 Å². The molecule has 0 radical (unpaired) electrons. The maximum atomic E-state index is 13.1. The van der Waals surface area contributed by atoms with Gasteiger partial charge in [-0.15, -0.1) is 0 Å². The Labute approximate surface area is 71.0 Å². The Kier molecular flexibility index (Phi) is 3.40. The van der Waals surface area contributed by atoms with Gasteiger partial charge in [0.2, 0.25) is 0 Å². The first-order valence-corrected chi connectivity index (χ1v) is 4.36. The molecule has 1 rings (SSSR count). The summed E-state index contributed by atoms with van der Waals surface area (Å²) in [5.41, 5.74) is 0. The predicted octanol–water partition coefficient (Wildman–Crippen LogP) is 1.00. The van der Waals surface area contributed by atoms with Crippen LogP contribution in [-0.4, -0.2) is 30.7 Å². The van der Waals surface area contributed by atoms with E-state index < -0.39 is 24.9 Å². The van der Waals surface area contributed by atoms with E-state index in [1.54, 1.807) is 0 Å². The highest BCUT2D eigenvalue weighted by Crippen LogP contribution is 2.33. The molecule has 72 valence electrons. The van der Waals surface area contributed by atoms with Crippen molar-refractivity contribution in [2.75, 3.05) is 19.7 Å². The Morgan fingerprint density at radius 3 is 2.42 bits per heavy atom. The summed E-state index contributed by atoms with van der Waals surface area (Å²) in [7, 11) is 0. The largest absolute Gasteiger partial charge is 0.396 e. The van der Waals surface area contributed by atoms with Crippen molar-refractivity contribution in [2.24, 2.45) is 5.92 Å². The number of rotatable bonds is 3. The second-order valence-corrected chi connectivity index (χ2v) is 3.26. The quantitative estimate of drug-likeness (QED) is 0.677. The summed E-state index contributed by atoms with van der Waals surface area (Å²) in [6, 6.07) is 0. The van der Waals surface area contributed by atoms with Crippen molar-refractivity contribution in [1.29, 1.82) is 0 Å². The van der Waals surface area contributed by atoms with Crippen LogP contribution in [0.25, 0.3) is 0 Å². The average Bonchev–Trinajstić information content (AvgIpc) is 2.06. The van der Waals surface area contributed by atoms with Crippen molar-refractivity contribution in [2.45, 2.75) is 25.2 Å². The number of hydrogen-bond acceptors (Lipinski definition) is 2. The van der Waals surface area contributed by atoms with E-state index in [9.17, 15) is 8.78 Å². The predicted molar refractivity (Wildman–Crippen MR) is 42.2 cm³/mol. The molecule has 0 amide bonds. The molecule has 0 atom stereocenters. The molecule has 0 spiro atoms. The van der Waals surface area contributed by atoms with Gasteiger partial charge in [0.25, 0.3) is 5.92 Å². The zero-order valence-corrected chi connectivity index (χ0v) is 7.02. The summed E-state index contributed by atoms with van der Waals surface area (Å²) in [4.78, 5) is 0. The first-order chi connectivity index (χ1) is 5.67. The molecule has 2 N–H and O–H groups in total. The lowest BCUT2D eigenvalue weighted by atomic mass is 9.90. The number of piperidine rings is 1. The maximum Gasteiger partial charge on any atom is 0.253 e. The monoisotopic (exact) mass is 179 g/mol. The van der Waals surface area contributed by atoms with Crippen LogP contribution in [0.2, 0.25) is 0 Å². The minimum atomic E-state index is -2.67. The lowest BCUT2D eigenvalue weighted by Crippen LogP contribution is -2.38. The van der Waals surface area contributed by atoms with Gasteiger partial charge in [-0.1, -0.05) is 0 Å². The molecule has 2 nitrogen and oxygen atoms in total. The minimum Gasteiger partial charge on any atom is -0.396 e. The summed E-state index contributed by atoms with van der Waals surface area (Å²) in [5.74, 6) is -3.21. The Morgan fingerprint density at radius 2 is 1.92 bits per heavy atom. The van der Waals surface area contributed by atoms with Gasteiger partial charge in [-0.2, -0.15) is 0 Å². The molecular formula is C8H15F2NO. The molecule has 0 aromatic carbocycles. The summed E-state index contributed by atoms with van der Waals surface area (Å²) in [6.07, 6.45) is 0.650. The van der Waals surface area contributed by atoms with Gasteiger partial charge >= 0.3 is 0 Å². The van der Waals surface area contributed by atoms with Crippen molar-refractivity contribution in [3.8, 4) is 0 Å². The molecule has 1 saturated heterocycles. The van der Waals surface area contributed by atoms with Crippen LogP contribution in [0, 0.1) is 5.92 Å². The van der Waals surface area contributed by atoms with Crippen molar-refractivity contribution in [3.05, 3.63) is 0 Å². The van der Waals surface area contributed by atoms with Crippen LogP contribution < -0.4 is 5.32 Å². The fraction of sp³-hybridized carbons (Fsp3) is 1.00. The van der Waals surface area contributed by atoms with Crippen LogP contribution in [0.15, 0.2) is 0 Å². The summed E-state index contributed by atoms with van der Waals surface area (Å²) in [5, 5.41) is 11.5. The summed E-state index contributed by atoms with van der Waals surface area (Å²) in [6.45, 7) is 0.925. The van der Waals surface area contributed by atoms with E-state index in [2.05, 4.69) is 5.32 Å². The molecule has 0 bridgehead atoms. The number of alkyl halides is 2. The van der Waals surface area contributed by atoms with Gasteiger partial charge in [-0.05, 0) is 25.9 Å². The van der Waals surface area contributed by atoms with E-state index in [1.165, 1.54) is 0 Å². The maximum absolute atomic E-state index is 13.1. The second kappa shape index (κ2) is 4.14. The lowest BCUT2D eigenvalue weighted by molar-refractivity contribution is -0.0836. The van der Waals surface area contributed by atoms with Crippen LogP contribution in [0.4, 0.5) is 8.78 Å². The van der Waals surface area contributed by atoms with Crippen LogP contribution in [0.1, 0.15) is 19.3 Å². The first kappa shape index (κ1) is 9.86. The molecular weight excluding hydrogens is 164 g/mol. The number of aliphatic hydroxyl groups excluding tert-OH is 1. The van der Waals surface area contributed by atoms with Gasteiger partial charge in [0, 0.05) is 18.9 Å². The molecule has 0 aromatic rings. The van der Waals surface area contributed by atoms with Crippen molar-refractivity contribution in [1.82, 2.24) is 5.32 Å². The van der Waals surface area contributed by atoms with Gasteiger partial charge in [0.05, 0.1) is 0 Å². The molecule has 12 heavy (non-hydrogen) atoms. The van der Waals surface area contributed by atoms with Crippen LogP contribution >= 0.6 is 0 Å². The third-order valence-corrected chi connectivity index (χ3v) is 2.38. The topological polar surface area (TPSA) is 32.3 Å². The molecule has 0 saturated carbocycles. The first-order valence-electron chi connectivity index (χ1n) is 4.36. The smallest absolute Gasteiger partial charge is 0.253 e. The minimum absolute atomic E-state index is 0.391. The Balaban J connectivity index is 2.41. The zero-order valence-electron chi connectivity index (χ0n) is 7.02. The average molecular weight is 179 g/mol. The number of halogens is 2.